The van der Waals surface area contributed by atoms with Crippen LogP contribution in [0.1, 0.15) is 17.6 Å². The first-order valence-electron chi connectivity index (χ1n) is 6.86. The largest absolute Gasteiger partial charge is 0.492 e. The minimum Gasteiger partial charge on any atom is -0.492 e. The fourth-order valence-corrected chi connectivity index (χ4v) is 2.10. The molecule has 1 aliphatic heterocycles. The Labute approximate surface area is 123 Å². The zero-order chi connectivity index (χ0) is 15.7. The van der Waals surface area contributed by atoms with Gasteiger partial charge >= 0.3 is 0 Å². The van der Waals surface area contributed by atoms with Crippen molar-refractivity contribution in [3.8, 4) is 5.75 Å². The third-order valence-electron chi connectivity index (χ3n) is 3.26. The predicted octanol–water partition coefficient (Wildman–Crippen LogP) is 3.23. The number of alkyl halides is 3. The van der Waals surface area contributed by atoms with Gasteiger partial charge in [0.1, 0.15) is 12.4 Å². The normalized spacial score (nSPS) is 15.5. The molecule has 1 heterocycles. The Morgan fingerprint density at radius 2 is 1.90 bits per heavy atom. The predicted molar refractivity (Wildman–Crippen MR) is 75.9 cm³/mol. The minimum absolute atomic E-state index is 0.0699. The molecule has 1 fully saturated rings. The zero-order valence-corrected chi connectivity index (χ0v) is 12.4. The third-order valence-corrected chi connectivity index (χ3v) is 3.26. The van der Waals surface area contributed by atoms with Crippen molar-refractivity contribution in [3.05, 3.63) is 29.3 Å². The molecule has 0 amide bonds. The summed E-state index contributed by atoms with van der Waals surface area (Å²) < 4.78 is 45.5. The molecular weight excluding hydrogens is 283 g/mol. The molecule has 1 aromatic carbocycles. The quantitative estimate of drug-likeness (QED) is 0.833. The van der Waals surface area contributed by atoms with E-state index in [2.05, 4.69) is 4.90 Å². The van der Waals surface area contributed by atoms with E-state index in [-0.39, 0.29) is 5.56 Å². The SMILES string of the molecule is CF.Cc1cc(OCCN2CCOCC2)ccc1C(F)F. The molecule has 1 aliphatic rings. The minimum atomic E-state index is -2.43. The van der Waals surface area contributed by atoms with Crippen molar-refractivity contribution in [1.29, 1.82) is 0 Å². The molecule has 0 spiro atoms. The summed E-state index contributed by atoms with van der Waals surface area (Å²) in [6, 6.07) is 4.71. The van der Waals surface area contributed by atoms with Gasteiger partial charge < -0.3 is 9.47 Å². The third kappa shape index (κ3) is 5.93. The Morgan fingerprint density at radius 1 is 1.24 bits per heavy atom. The van der Waals surface area contributed by atoms with E-state index in [0.717, 1.165) is 32.8 Å². The first-order valence-corrected chi connectivity index (χ1v) is 6.86. The lowest BCUT2D eigenvalue weighted by Crippen LogP contribution is -2.38. The smallest absolute Gasteiger partial charge is 0.264 e. The zero-order valence-electron chi connectivity index (χ0n) is 12.4. The van der Waals surface area contributed by atoms with Gasteiger partial charge in [-0.25, -0.2) is 8.78 Å². The van der Waals surface area contributed by atoms with Gasteiger partial charge in [0.2, 0.25) is 0 Å². The molecule has 0 radical (unpaired) electrons. The number of nitrogens with zero attached hydrogens (tertiary/aromatic N) is 1. The van der Waals surface area contributed by atoms with Crippen LogP contribution < -0.4 is 4.74 Å². The van der Waals surface area contributed by atoms with E-state index in [1.165, 1.54) is 6.07 Å². The number of ether oxygens (including phenoxy) is 2. The molecule has 0 N–H and O–H groups in total. The molecule has 120 valence electrons. The van der Waals surface area contributed by atoms with Gasteiger partial charge in [0.05, 0.1) is 20.4 Å². The van der Waals surface area contributed by atoms with Gasteiger partial charge in [-0.1, -0.05) is 0 Å². The Balaban J connectivity index is 0.00000106. The number of rotatable bonds is 5. The van der Waals surface area contributed by atoms with Crippen LogP contribution in [0.5, 0.6) is 5.75 Å². The van der Waals surface area contributed by atoms with Crippen molar-refractivity contribution in [2.45, 2.75) is 13.3 Å². The molecule has 0 bridgehead atoms. The van der Waals surface area contributed by atoms with Gasteiger partial charge in [-0.05, 0) is 30.7 Å². The first kappa shape index (κ1) is 17.8. The maximum absolute atomic E-state index is 12.6. The Morgan fingerprint density at radius 3 is 2.48 bits per heavy atom. The van der Waals surface area contributed by atoms with Crippen molar-refractivity contribution in [3.63, 3.8) is 0 Å². The van der Waals surface area contributed by atoms with E-state index in [1.54, 1.807) is 19.1 Å². The Bertz CT molecular complexity index is 410. The van der Waals surface area contributed by atoms with Crippen LogP contribution in [0, 0.1) is 6.92 Å². The standard InChI is InChI=1S/C14H19F2NO2.CH3F/c1-11-10-12(2-3-13(11)14(15)16)19-9-6-17-4-7-18-8-5-17;1-2/h2-3,10,14H,4-9H2,1H3;1H3. The highest BCUT2D eigenvalue weighted by Crippen LogP contribution is 2.25. The molecule has 3 nitrogen and oxygen atoms in total. The molecule has 21 heavy (non-hydrogen) atoms. The van der Waals surface area contributed by atoms with E-state index >= 15 is 0 Å². The summed E-state index contributed by atoms with van der Waals surface area (Å²) in [7, 11) is 0.500. The van der Waals surface area contributed by atoms with Crippen LogP contribution in [0.25, 0.3) is 0 Å². The molecule has 2 rings (SSSR count). The fraction of sp³-hybridized carbons (Fsp3) is 0.600. The highest BCUT2D eigenvalue weighted by atomic mass is 19.3. The number of aryl methyl sites for hydroxylation is 1. The lowest BCUT2D eigenvalue weighted by molar-refractivity contribution is 0.0322. The lowest BCUT2D eigenvalue weighted by Gasteiger charge is -2.26. The average molecular weight is 305 g/mol. The van der Waals surface area contributed by atoms with Gasteiger partial charge in [0, 0.05) is 25.2 Å². The second kappa shape index (κ2) is 9.63. The molecule has 0 unspecified atom stereocenters. The molecule has 0 saturated carbocycles. The topological polar surface area (TPSA) is 21.7 Å². The molecule has 1 saturated heterocycles. The highest BCUT2D eigenvalue weighted by molar-refractivity contribution is 5.35. The van der Waals surface area contributed by atoms with Crippen LogP contribution in [0.2, 0.25) is 0 Å². The van der Waals surface area contributed by atoms with Crippen molar-refractivity contribution in [2.24, 2.45) is 0 Å². The van der Waals surface area contributed by atoms with Gasteiger partial charge in [0.25, 0.3) is 6.43 Å². The van der Waals surface area contributed by atoms with Crippen LogP contribution in [0.15, 0.2) is 18.2 Å². The fourth-order valence-electron chi connectivity index (χ4n) is 2.10. The molecule has 1 aromatic rings. The lowest BCUT2D eigenvalue weighted by atomic mass is 10.1. The summed E-state index contributed by atoms with van der Waals surface area (Å²) >= 11 is 0. The maximum Gasteiger partial charge on any atom is 0.264 e. The van der Waals surface area contributed by atoms with Crippen LogP contribution in [-0.4, -0.2) is 51.5 Å². The van der Waals surface area contributed by atoms with Crippen molar-refractivity contribution >= 4 is 0 Å². The van der Waals surface area contributed by atoms with Crippen molar-refractivity contribution < 1.29 is 22.6 Å². The summed E-state index contributed by atoms with van der Waals surface area (Å²) in [4.78, 5) is 2.27. The first-order chi connectivity index (χ1) is 10.2. The highest BCUT2D eigenvalue weighted by Gasteiger charge is 2.12. The number of hydrogen-bond donors (Lipinski definition) is 0. The molecule has 0 aliphatic carbocycles. The van der Waals surface area contributed by atoms with Crippen LogP contribution >= 0.6 is 0 Å². The monoisotopic (exact) mass is 305 g/mol. The van der Waals surface area contributed by atoms with E-state index in [1.807, 2.05) is 0 Å². The van der Waals surface area contributed by atoms with Crippen LogP contribution in [-0.2, 0) is 4.74 Å². The van der Waals surface area contributed by atoms with E-state index in [4.69, 9.17) is 9.47 Å². The molecule has 0 atom stereocenters. The van der Waals surface area contributed by atoms with Gasteiger partial charge in [-0.2, -0.15) is 0 Å². The Hall–Kier alpha value is -1.27. The van der Waals surface area contributed by atoms with Crippen molar-refractivity contribution in [2.75, 3.05) is 46.6 Å². The summed E-state index contributed by atoms with van der Waals surface area (Å²) in [6.45, 7) is 6.45. The van der Waals surface area contributed by atoms with Crippen molar-refractivity contribution in [1.82, 2.24) is 4.90 Å². The average Bonchev–Trinajstić information content (AvgIpc) is 2.50. The number of morpholine rings is 1. The van der Waals surface area contributed by atoms with Crippen LogP contribution in [0.3, 0.4) is 0 Å². The maximum atomic E-state index is 12.6. The van der Waals surface area contributed by atoms with Crippen LogP contribution in [0.4, 0.5) is 13.2 Å². The van der Waals surface area contributed by atoms with E-state index in [0.29, 0.717) is 25.1 Å². The summed E-state index contributed by atoms with van der Waals surface area (Å²) in [5, 5.41) is 0. The number of benzene rings is 1. The molecule has 0 aromatic heterocycles. The summed E-state index contributed by atoms with van der Waals surface area (Å²) in [6.07, 6.45) is -2.43. The summed E-state index contributed by atoms with van der Waals surface area (Å²) in [5.74, 6) is 0.648. The number of hydrogen-bond acceptors (Lipinski definition) is 3. The van der Waals surface area contributed by atoms with Gasteiger partial charge in [0.15, 0.2) is 0 Å². The second-order valence-electron chi connectivity index (χ2n) is 4.62. The van der Waals surface area contributed by atoms with E-state index in [9.17, 15) is 13.2 Å². The van der Waals surface area contributed by atoms with E-state index < -0.39 is 6.43 Å². The number of halogens is 3. The van der Waals surface area contributed by atoms with Gasteiger partial charge in [-0.15, -0.1) is 0 Å². The molecular formula is C15H22F3NO2. The molecule has 6 heteroatoms. The second-order valence-corrected chi connectivity index (χ2v) is 4.62. The van der Waals surface area contributed by atoms with Gasteiger partial charge in [-0.3, -0.25) is 9.29 Å². The Kier molecular flexibility index (Phi) is 8.15. The summed E-state index contributed by atoms with van der Waals surface area (Å²) in [5.41, 5.74) is 0.638.